The van der Waals surface area contributed by atoms with Gasteiger partial charge in [0.05, 0.1) is 6.61 Å². The van der Waals surface area contributed by atoms with Crippen LogP contribution in [0.1, 0.15) is 20.8 Å². The Kier molecular flexibility index (Phi) is 5.65. The molecule has 9 nitrogen and oxygen atoms in total. The summed E-state index contributed by atoms with van der Waals surface area (Å²) in [5.74, 6) is -2.95. The Morgan fingerprint density at radius 2 is 1.38 bits per heavy atom. The molecule has 0 aromatic heterocycles. The smallest absolute Gasteiger partial charge is 0.303 e. The van der Waals surface area contributed by atoms with Gasteiger partial charge in [-0.25, -0.2) is 0 Å². The van der Waals surface area contributed by atoms with E-state index in [0.717, 1.165) is 20.8 Å². The zero-order valence-electron chi connectivity index (χ0n) is 11.9. The van der Waals surface area contributed by atoms with Crippen LogP contribution in [0.5, 0.6) is 0 Å². The summed E-state index contributed by atoms with van der Waals surface area (Å²) in [7, 11) is 0. The Bertz CT molecular complexity index is 449. The van der Waals surface area contributed by atoms with Crippen molar-refractivity contribution in [3.63, 3.8) is 0 Å². The van der Waals surface area contributed by atoms with Crippen LogP contribution in [0.4, 0.5) is 0 Å². The van der Waals surface area contributed by atoms with Crippen molar-refractivity contribution in [1.29, 1.82) is 0 Å². The molecule has 0 saturated carbocycles. The number of hydrogen-bond donors (Lipinski definition) is 1. The summed E-state index contributed by atoms with van der Waals surface area (Å²) >= 11 is 0. The Labute approximate surface area is 120 Å². The summed E-state index contributed by atoms with van der Waals surface area (Å²) in [6, 6.07) is 0. The predicted octanol–water partition coefficient (Wildman–Crippen LogP) is -1.33. The number of carbonyl (C=O) groups excluding carboxylic acids is 4. The maximum Gasteiger partial charge on any atom is 0.303 e. The number of esters is 3. The number of ether oxygens (including phenoxy) is 4. The van der Waals surface area contributed by atoms with Crippen LogP contribution >= 0.6 is 0 Å². The Hall–Kier alpha value is -2.16. The molecule has 9 heteroatoms. The van der Waals surface area contributed by atoms with Crippen LogP contribution < -0.4 is 5.73 Å². The molecule has 0 aromatic rings. The first-order valence-electron chi connectivity index (χ1n) is 6.15. The summed E-state index contributed by atoms with van der Waals surface area (Å²) < 4.78 is 20.1. The molecule has 1 amide bonds. The summed E-state index contributed by atoms with van der Waals surface area (Å²) in [6.45, 7) is 3.18. The number of hydrogen-bond acceptors (Lipinski definition) is 8. The van der Waals surface area contributed by atoms with Crippen molar-refractivity contribution in [2.24, 2.45) is 5.73 Å². The largest absolute Gasteiger partial charge is 0.456 e. The third kappa shape index (κ3) is 4.71. The van der Waals surface area contributed by atoms with Crippen LogP contribution in [-0.4, -0.2) is 54.8 Å². The molecule has 1 saturated heterocycles. The van der Waals surface area contributed by atoms with E-state index in [2.05, 4.69) is 0 Å². The lowest BCUT2D eigenvalue weighted by molar-refractivity contribution is -0.223. The second-order valence-electron chi connectivity index (χ2n) is 4.45. The zero-order chi connectivity index (χ0) is 16.2. The van der Waals surface area contributed by atoms with Gasteiger partial charge in [-0.1, -0.05) is 0 Å². The van der Waals surface area contributed by atoms with Gasteiger partial charge in [-0.3, -0.25) is 19.2 Å². The van der Waals surface area contributed by atoms with Gasteiger partial charge >= 0.3 is 17.9 Å². The number of amides is 1. The Morgan fingerprint density at radius 1 is 0.905 bits per heavy atom. The van der Waals surface area contributed by atoms with E-state index in [0.29, 0.717) is 0 Å². The van der Waals surface area contributed by atoms with Crippen molar-refractivity contribution in [1.82, 2.24) is 0 Å². The van der Waals surface area contributed by atoms with Crippen molar-refractivity contribution < 1.29 is 38.1 Å². The summed E-state index contributed by atoms with van der Waals surface area (Å²) in [5.41, 5.74) is 5.17. The molecule has 0 aromatic carbocycles. The molecule has 1 fully saturated rings. The van der Waals surface area contributed by atoms with Gasteiger partial charge < -0.3 is 24.7 Å². The maximum absolute atomic E-state index is 11.4. The fourth-order valence-electron chi connectivity index (χ4n) is 1.99. The zero-order valence-corrected chi connectivity index (χ0v) is 11.9. The van der Waals surface area contributed by atoms with Gasteiger partial charge in [-0.15, -0.1) is 0 Å². The fraction of sp³-hybridized carbons (Fsp3) is 0.667. The lowest BCUT2D eigenvalue weighted by atomic mass is 9.98. The molecule has 0 spiro atoms. The molecule has 21 heavy (non-hydrogen) atoms. The first-order chi connectivity index (χ1) is 9.72. The SMILES string of the molecule is CC(=O)O[C@H]1[C@H](OC(C)=O)[C@H](OC(C)=O)CO[C@@H]1C(N)=O. The van der Waals surface area contributed by atoms with E-state index in [1.807, 2.05) is 0 Å². The first-order valence-corrected chi connectivity index (χ1v) is 6.15. The van der Waals surface area contributed by atoms with Gasteiger partial charge in [0, 0.05) is 20.8 Å². The van der Waals surface area contributed by atoms with Crippen molar-refractivity contribution in [2.75, 3.05) is 6.61 Å². The van der Waals surface area contributed by atoms with Gasteiger partial charge in [-0.05, 0) is 0 Å². The van der Waals surface area contributed by atoms with Crippen molar-refractivity contribution >= 4 is 23.8 Å². The van der Waals surface area contributed by atoms with Crippen LogP contribution in [0.25, 0.3) is 0 Å². The van der Waals surface area contributed by atoms with E-state index in [9.17, 15) is 19.2 Å². The number of nitrogens with two attached hydrogens (primary N) is 1. The molecule has 4 atom stereocenters. The highest BCUT2D eigenvalue weighted by Gasteiger charge is 2.48. The topological polar surface area (TPSA) is 131 Å². The average Bonchev–Trinajstić information content (AvgIpc) is 2.31. The quantitative estimate of drug-likeness (QED) is 0.499. The van der Waals surface area contributed by atoms with Crippen LogP contribution in [0.2, 0.25) is 0 Å². The van der Waals surface area contributed by atoms with Crippen LogP contribution in [0, 0.1) is 0 Å². The minimum Gasteiger partial charge on any atom is -0.456 e. The highest BCUT2D eigenvalue weighted by Crippen LogP contribution is 2.24. The third-order valence-corrected chi connectivity index (χ3v) is 2.63. The minimum atomic E-state index is -1.30. The standard InChI is InChI=1S/C12H17NO8/c1-5(14)19-8-4-18-11(12(13)17)10(21-7(3)16)9(8)20-6(2)15/h8-11H,4H2,1-3H3,(H2,13,17)/t8-,9-,10+,11+/m1/s1. The van der Waals surface area contributed by atoms with Crippen molar-refractivity contribution in [3.8, 4) is 0 Å². The van der Waals surface area contributed by atoms with Gasteiger partial charge in [0.1, 0.15) is 0 Å². The monoisotopic (exact) mass is 303 g/mol. The normalized spacial score (nSPS) is 28.3. The molecule has 1 heterocycles. The highest BCUT2D eigenvalue weighted by atomic mass is 16.6. The van der Waals surface area contributed by atoms with Crippen LogP contribution in [-0.2, 0) is 38.1 Å². The molecule has 0 radical (unpaired) electrons. The van der Waals surface area contributed by atoms with E-state index in [1.165, 1.54) is 0 Å². The molecule has 1 aliphatic rings. The van der Waals surface area contributed by atoms with E-state index in [1.54, 1.807) is 0 Å². The minimum absolute atomic E-state index is 0.219. The molecular weight excluding hydrogens is 286 g/mol. The second kappa shape index (κ2) is 7.02. The highest BCUT2D eigenvalue weighted by molar-refractivity contribution is 5.80. The molecule has 0 aliphatic carbocycles. The van der Waals surface area contributed by atoms with E-state index >= 15 is 0 Å². The Balaban J connectivity index is 3.06. The first kappa shape index (κ1) is 16.9. The van der Waals surface area contributed by atoms with Crippen LogP contribution in [0.3, 0.4) is 0 Å². The lowest BCUT2D eigenvalue weighted by Gasteiger charge is -2.39. The van der Waals surface area contributed by atoms with Crippen LogP contribution in [0.15, 0.2) is 0 Å². The molecular formula is C12H17NO8. The van der Waals surface area contributed by atoms with Gasteiger partial charge in [-0.2, -0.15) is 0 Å². The lowest BCUT2D eigenvalue weighted by Crippen LogP contribution is -2.60. The summed E-state index contributed by atoms with van der Waals surface area (Å²) in [4.78, 5) is 44.8. The molecule has 1 aliphatic heterocycles. The average molecular weight is 303 g/mol. The van der Waals surface area contributed by atoms with E-state index in [-0.39, 0.29) is 6.61 Å². The van der Waals surface area contributed by atoms with Crippen molar-refractivity contribution in [3.05, 3.63) is 0 Å². The number of primary amides is 1. The molecule has 0 bridgehead atoms. The Morgan fingerprint density at radius 3 is 1.81 bits per heavy atom. The van der Waals surface area contributed by atoms with Crippen molar-refractivity contribution in [2.45, 2.75) is 45.2 Å². The molecule has 2 N–H and O–H groups in total. The number of rotatable bonds is 4. The molecule has 1 rings (SSSR count). The van der Waals surface area contributed by atoms with Gasteiger partial charge in [0.25, 0.3) is 5.91 Å². The summed E-state index contributed by atoms with van der Waals surface area (Å²) in [5, 5.41) is 0. The van der Waals surface area contributed by atoms with E-state index < -0.39 is 48.2 Å². The third-order valence-electron chi connectivity index (χ3n) is 2.63. The second-order valence-corrected chi connectivity index (χ2v) is 4.45. The van der Waals surface area contributed by atoms with E-state index in [4.69, 9.17) is 24.7 Å². The number of carbonyl (C=O) groups is 4. The molecule has 118 valence electrons. The van der Waals surface area contributed by atoms with Gasteiger partial charge in [0.15, 0.2) is 24.4 Å². The molecule has 0 unspecified atom stereocenters. The van der Waals surface area contributed by atoms with Gasteiger partial charge in [0.2, 0.25) is 0 Å². The fourth-order valence-corrected chi connectivity index (χ4v) is 1.99. The summed E-state index contributed by atoms with van der Waals surface area (Å²) in [6.07, 6.45) is -4.78. The maximum atomic E-state index is 11.4. The predicted molar refractivity (Wildman–Crippen MR) is 65.6 cm³/mol.